The molecule has 1 saturated heterocycles. The maximum Gasteiger partial charge on any atom is 0.255 e. The van der Waals surface area contributed by atoms with Crippen molar-refractivity contribution in [2.24, 2.45) is 0 Å². The van der Waals surface area contributed by atoms with Crippen molar-refractivity contribution in [1.29, 1.82) is 0 Å². The molecular formula is C24H31N3O2. The van der Waals surface area contributed by atoms with Gasteiger partial charge in [-0.1, -0.05) is 39.0 Å². The molecule has 5 heteroatoms. The molecule has 0 spiro atoms. The van der Waals surface area contributed by atoms with Gasteiger partial charge in [0.1, 0.15) is 0 Å². The van der Waals surface area contributed by atoms with Gasteiger partial charge in [-0.15, -0.1) is 0 Å². The molecule has 1 heterocycles. The molecule has 2 aromatic rings. The molecule has 0 unspecified atom stereocenters. The zero-order chi connectivity index (χ0) is 21.0. The highest BCUT2D eigenvalue weighted by molar-refractivity contribution is 6.05. The number of rotatable bonds is 3. The van der Waals surface area contributed by atoms with E-state index in [0.29, 0.717) is 23.4 Å². The number of carbonyl (C=O) groups excluding carboxylic acids is 2. The Balaban J connectivity index is 1.76. The summed E-state index contributed by atoms with van der Waals surface area (Å²) in [5.74, 6) is -0.157. The highest BCUT2D eigenvalue weighted by Gasteiger charge is 2.19. The van der Waals surface area contributed by atoms with Crippen LogP contribution in [0.25, 0.3) is 0 Å². The normalized spacial score (nSPS) is 15.0. The second kappa shape index (κ2) is 8.78. The van der Waals surface area contributed by atoms with E-state index in [0.717, 1.165) is 31.6 Å². The topological polar surface area (TPSA) is 61.4 Å². The second-order valence-corrected chi connectivity index (χ2v) is 8.71. The van der Waals surface area contributed by atoms with E-state index in [-0.39, 0.29) is 17.2 Å². The fourth-order valence-corrected chi connectivity index (χ4v) is 3.44. The largest absolute Gasteiger partial charge is 0.337 e. The van der Waals surface area contributed by atoms with Crippen LogP contribution in [0, 0.1) is 6.92 Å². The van der Waals surface area contributed by atoms with Gasteiger partial charge in [-0.25, -0.2) is 0 Å². The van der Waals surface area contributed by atoms with Crippen molar-refractivity contribution in [2.45, 2.75) is 39.5 Å². The Kier molecular flexibility index (Phi) is 6.38. The Morgan fingerprint density at radius 1 is 0.966 bits per heavy atom. The lowest BCUT2D eigenvalue weighted by Crippen LogP contribution is -2.34. The van der Waals surface area contributed by atoms with Crippen LogP contribution in [0.5, 0.6) is 0 Å². The molecular weight excluding hydrogens is 362 g/mol. The summed E-state index contributed by atoms with van der Waals surface area (Å²) in [7, 11) is 0. The number of aryl methyl sites for hydroxylation is 1. The molecule has 2 N–H and O–H groups in total. The third-order valence-corrected chi connectivity index (χ3v) is 5.37. The minimum absolute atomic E-state index is 0.0127. The highest BCUT2D eigenvalue weighted by Crippen LogP contribution is 2.23. The fraction of sp³-hybridized carbons (Fsp3) is 0.417. The minimum Gasteiger partial charge on any atom is -0.337 e. The Bertz CT molecular complexity index is 874. The number of nitrogens with one attached hydrogen (secondary N) is 2. The number of nitrogens with zero attached hydrogens (tertiary/aromatic N) is 1. The van der Waals surface area contributed by atoms with E-state index in [1.54, 1.807) is 6.07 Å². The summed E-state index contributed by atoms with van der Waals surface area (Å²) in [4.78, 5) is 27.5. The molecule has 2 amide bonds. The summed E-state index contributed by atoms with van der Waals surface area (Å²) in [6.07, 6.45) is 0.950. The Labute approximate surface area is 173 Å². The molecule has 5 nitrogen and oxygen atoms in total. The first-order valence-corrected chi connectivity index (χ1v) is 10.3. The van der Waals surface area contributed by atoms with Gasteiger partial charge in [0.05, 0.1) is 0 Å². The zero-order valence-corrected chi connectivity index (χ0v) is 17.8. The van der Waals surface area contributed by atoms with Crippen LogP contribution in [0.4, 0.5) is 5.69 Å². The van der Waals surface area contributed by atoms with Crippen LogP contribution in [0.15, 0.2) is 42.5 Å². The first kappa shape index (κ1) is 21.1. The van der Waals surface area contributed by atoms with Crippen LogP contribution in [0.3, 0.4) is 0 Å². The molecule has 29 heavy (non-hydrogen) atoms. The molecule has 0 saturated carbocycles. The van der Waals surface area contributed by atoms with Crippen molar-refractivity contribution in [2.75, 3.05) is 31.5 Å². The molecule has 1 aliphatic rings. The number of carbonyl (C=O) groups is 2. The molecule has 1 fully saturated rings. The molecule has 0 radical (unpaired) electrons. The van der Waals surface area contributed by atoms with E-state index in [1.165, 1.54) is 5.56 Å². The Hall–Kier alpha value is -2.66. The van der Waals surface area contributed by atoms with Crippen molar-refractivity contribution in [3.8, 4) is 0 Å². The zero-order valence-electron chi connectivity index (χ0n) is 17.8. The average Bonchev–Trinajstić information content (AvgIpc) is 2.98. The molecule has 3 rings (SSSR count). The number of benzene rings is 2. The number of hydrogen-bond donors (Lipinski definition) is 2. The molecule has 0 bridgehead atoms. The van der Waals surface area contributed by atoms with Gasteiger partial charge in [0, 0.05) is 36.4 Å². The van der Waals surface area contributed by atoms with Gasteiger partial charge in [-0.05, 0) is 60.7 Å². The molecule has 0 aromatic heterocycles. The maximum absolute atomic E-state index is 12.9. The average molecular weight is 394 g/mol. The molecule has 2 aromatic carbocycles. The summed E-state index contributed by atoms with van der Waals surface area (Å²) in [6.45, 7) is 11.6. The van der Waals surface area contributed by atoms with Gasteiger partial charge < -0.3 is 15.5 Å². The van der Waals surface area contributed by atoms with Gasteiger partial charge in [0.2, 0.25) is 0 Å². The van der Waals surface area contributed by atoms with Gasteiger partial charge >= 0.3 is 0 Å². The van der Waals surface area contributed by atoms with E-state index in [1.807, 2.05) is 48.2 Å². The van der Waals surface area contributed by atoms with Crippen molar-refractivity contribution in [3.05, 3.63) is 64.7 Å². The predicted octanol–water partition coefficient (Wildman–Crippen LogP) is 3.98. The first-order valence-electron chi connectivity index (χ1n) is 10.3. The maximum atomic E-state index is 12.9. The predicted molar refractivity (Wildman–Crippen MR) is 118 cm³/mol. The highest BCUT2D eigenvalue weighted by atomic mass is 16.2. The summed E-state index contributed by atoms with van der Waals surface area (Å²) < 4.78 is 0. The van der Waals surface area contributed by atoms with Crippen LogP contribution in [-0.2, 0) is 5.41 Å². The number of hydrogen-bond acceptors (Lipinski definition) is 3. The summed E-state index contributed by atoms with van der Waals surface area (Å²) >= 11 is 0. The fourth-order valence-electron chi connectivity index (χ4n) is 3.44. The SMILES string of the molecule is Cc1ccc(C(=O)N2CCCNCC2)cc1NC(=O)c1ccc(C(C)(C)C)cc1. The Morgan fingerprint density at radius 2 is 1.66 bits per heavy atom. The number of anilines is 1. The van der Waals surface area contributed by atoms with Crippen molar-refractivity contribution >= 4 is 17.5 Å². The van der Waals surface area contributed by atoms with Crippen LogP contribution in [-0.4, -0.2) is 42.9 Å². The Morgan fingerprint density at radius 3 is 2.34 bits per heavy atom. The van der Waals surface area contributed by atoms with E-state index in [2.05, 4.69) is 31.4 Å². The monoisotopic (exact) mass is 393 g/mol. The van der Waals surface area contributed by atoms with E-state index in [4.69, 9.17) is 0 Å². The molecule has 0 atom stereocenters. The summed E-state index contributed by atoms with van der Waals surface area (Å²) in [5, 5.41) is 6.28. The molecule has 0 aliphatic carbocycles. The van der Waals surface area contributed by atoms with Crippen molar-refractivity contribution in [3.63, 3.8) is 0 Å². The first-order chi connectivity index (χ1) is 13.8. The van der Waals surface area contributed by atoms with Crippen LogP contribution in [0.2, 0.25) is 0 Å². The quantitative estimate of drug-likeness (QED) is 0.829. The summed E-state index contributed by atoms with van der Waals surface area (Å²) in [6, 6.07) is 13.2. The second-order valence-electron chi connectivity index (χ2n) is 8.71. The lowest BCUT2D eigenvalue weighted by molar-refractivity contribution is 0.0766. The van der Waals surface area contributed by atoms with Gasteiger partial charge in [-0.3, -0.25) is 9.59 Å². The molecule has 1 aliphatic heterocycles. The van der Waals surface area contributed by atoms with Crippen LogP contribution in [0.1, 0.15) is 59.0 Å². The van der Waals surface area contributed by atoms with E-state index in [9.17, 15) is 9.59 Å². The van der Waals surface area contributed by atoms with E-state index >= 15 is 0 Å². The summed E-state index contributed by atoms with van der Waals surface area (Å²) in [5.41, 5.74) is 4.05. The number of amides is 2. The molecule has 154 valence electrons. The lowest BCUT2D eigenvalue weighted by atomic mass is 9.86. The van der Waals surface area contributed by atoms with Gasteiger partial charge in [0.15, 0.2) is 0 Å². The third kappa shape index (κ3) is 5.24. The van der Waals surface area contributed by atoms with Gasteiger partial charge in [-0.2, -0.15) is 0 Å². The van der Waals surface area contributed by atoms with Gasteiger partial charge in [0.25, 0.3) is 11.8 Å². The lowest BCUT2D eigenvalue weighted by Gasteiger charge is -2.21. The smallest absolute Gasteiger partial charge is 0.255 e. The third-order valence-electron chi connectivity index (χ3n) is 5.37. The van der Waals surface area contributed by atoms with Crippen molar-refractivity contribution < 1.29 is 9.59 Å². The van der Waals surface area contributed by atoms with E-state index < -0.39 is 0 Å². The van der Waals surface area contributed by atoms with Crippen LogP contribution >= 0.6 is 0 Å². The standard InChI is InChI=1S/C24H31N3O2/c1-17-6-7-19(23(29)27-14-5-12-25-13-15-27)16-21(17)26-22(28)18-8-10-20(11-9-18)24(2,3)4/h6-11,16,25H,5,12-15H2,1-4H3,(H,26,28). The van der Waals surface area contributed by atoms with Crippen LogP contribution < -0.4 is 10.6 Å². The minimum atomic E-state index is -0.169. The van der Waals surface area contributed by atoms with Crippen molar-refractivity contribution in [1.82, 2.24) is 10.2 Å².